The van der Waals surface area contributed by atoms with Gasteiger partial charge in [0.2, 0.25) is 5.91 Å². The number of hydrogen-bond acceptors (Lipinski definition) is 6. The SMILES string of the molecule is Cl.Cl.O=C(Nc1ccc(C2CNCCO2)cc1)C1CCN(c2ccncn2)CC1. The normalized spacial score (nSPS) is 19.6. The Labute approximate surface area is 183 Å². The van der Waals surface area contributed by atoms with Crippen LogP contribution in [0.15, 0.2) is 42.9 Å². The molecule has 2 aromatic rings. The maximum absolute atomic E-state index is 12.6. The number of nitrogens with zero attached hydrogens (tertiary/aromatic N) is 3. The van der Waals surface area contributed by atoms with E-state index in [0.717, 1.165) is 62.7 Å². The van der Waals surface area contributed by atoms with E-state index in [4.69, 9.17) is 4.74 Å². The Bertz CT molecular complexity index is 749. The fourth-order valence-electron chi connectivity index (χ4n) is 3.65. The third-order valence-electron chi connectivity index (χ3n) is 5.23. The Morgan fingerprint density at radius 3 is 2.52 bits per heavy atom. The maximum Gasteiger partial charge on any atom is 0.227 e. The van der Waals surface area contributed by atoms with Crippen molar-refractivity contribution >= 4 is 42.2 Å². The molecule has 2 fully saturated rings. The summed E-state index contributed by atoms with van der Waals surface area (Å²) < 4.78 is 5.76. The van der Waals surface area contributed by atoms with Crippen LogP contribution in [0.4, 0.5) is 11.5 Å². The van der Waals surface area contributed by atoms with Crippen LogP contribution in [-0.2, 0) is 9.53 Å². The molecule has 0 saturated carbocycles. The molecule has 1 atom stereocenters. The van der Waals surface area contributed by atoms with Gasteiger partial charge < -0.3 is 20.3 Å². The number of rotatable bonds is 4. The first kappa shape index (κ1) is 23.3. The zero-order valence-electron chi connectivity index (χ0n) is 16.1. The topological polar surface area (TPSA) is 79.4 Å². The lowest BCUT2D eigenvalue weighted by atomic mass is 9.95. The van der Waals surface area contributed by atoms with Gasteiger partial charge in [-0.25, -0.2) is 9.97 Å². The molecule has 7 nitrogen and oxygen atoms in total. The summed E-state index contributed by atoms with van der Waals surface area (Å²) in [4.78, 5) is 23.1. The molecule has 4 rings (SSSR count). The van der Waals surface area contributed by atoms with Gasteiger partial charge in [-0.2, -0.15) is 0 Å². The summed E-state index contributed by atoms with van der Waals surface area (Å²) in [5.41, 5.74) is 1.98. The molecule has 3 heterocycles. The van der Waals surface area contributed by atoms with E-state index in [1.807, 2.05) is 30.3 Å². The van der Waals surface area contributed by atoms with E-state index in [2.05, 4.69) is 25.5 Å². The Kier molecular flexibility index (Phi) is 9.10. The fourth-order valence-corrected chi connectivity index (χ4v) is 3.65. The van der Waals surface area contributed by atoms with Crippen LogP contribution in [0.1, 0.15) is 24.5 Å². The van der Waals surface area contributed by atoms with Crippen molar-refractivity contribution in [2.24, 2.45) is 5.92 Å². The molecule has 2 N–H and O–H groups in total. The number of carbonyl (C=O) groups is 1. The maximum atomic E-state index is 12.6. The number of amides is 1. The van der Waals surface area contributed by atoms with E-state index >= 15 is 0 Å². The summed E-state index contributed by atoms with van der Waals surface area (Å²) in [6.45, 7) is 4.13. The fraction of sp³-hybridized carbons (Fsp3) is 0.450. The number of nitrogens with one attached hydrogen (secondary N) is 2. The van der Waals surface area contributed by atoms with Crippen molar-refractivity contribution in [1.29, 1.82) is 0 Å². The number of halogens is 2. The largest absolute Gasteiger partial charge is 0.371 e. The zero-order chi connectivity index (χ0) is 18.5. The van der Waals surface area contributed by atoms with Crippen LogP contribution in [-0.4, -0.2) is 48.7 Å². The van der Waals surface area contributed by atoms with Crippen LogP contribution in [0.5, 0.6) is 0 Å². The van der Waals surface area contributed by atoms with Crippen LogP contribution in [0, 0.1) is 5.92 Å². The molecule has 0 aliphatic carbocycles. The molecule has 0 bridgehead atoms. The first-order valence-electron chi connectivity index (χ1n) is 9.54. The molecular weight excluding hydrogens is 413 g/mol. The molecule has 1 aromatic carbocycles. The average molecular weight is 440 g/mol. The molecule has 9 heteroatoms. The second-order valence-electron chi connectivity index (χ2n) is 7.00. The summed E-state index contributed by atoms with van der Waals surface area (Å²) in [5.74, 6) is 1.06. The number of ether oxygens (including phenoxy) is 1. The molecule has 29 heavy (non-hydrogen) atoms. The molecule has 2 saturated heterocycles. The Morgan fingerprint density at radius 2 is 1.90 bits per heavy atom. The van der Waals surface area contributed by atoms with Crippen molar-refractivity contribution in [3.05, 3.63) is 48.4 Å². The van der Waals surface area contributed by atoms with Crippen molar-refractivity contribution in [3.63, 3.8) is 0 Å². The number of carbonyl (C=O) groups excluding carboxylic acids is 1. The van der Waals surface area contributed by atoms with E-state index in [-0.39, 0.29) is 42.7 Å². The second-order valence-corrected chi connectivity index (χ2v) is 7.00. The summed E-state index contributed by atoms with van der Waals surface area (Å²) in [6.07, 6.45) is 5.06. The molecule has 1 amide bonds. The summed E-state index contributed by atoms with van der Waals surface area (Å²) in [5, 5.41) is 6.39. The number of hydrogen-bond donors (Lipinski definition) is 2. The van der Waals surface area contributed by atoms with Gasteiger partial charge in [-0.15, -0.1) is 24.8 Å². The van der Waals surface area contributed by atoms with E-state index in [9.17, 15) is 4.79 Å². The smallest absolute Gasteiger partial charge is 0.227 e. The Balaban J connectivity index is 0.00000150. The van der Waals surface area contributed by atoms with Gasteiger partial charge in [0, 0.05) is 44.0 Å². The zero-order valence-corrected chi connectivity index (χ0v) is 17.8. The standard InChI is InChI=1S/C20H25N5O2.2ClH/c26-20(16-6-10-25(11-7-16)19-5-8-22-14-23-19)24-17-3-1-15(2-4-17)18-13-21-9-12-27-18;;/h1-5,8,14,16,18,21H,6-7,9-13H2,(H,24,26);2*1H. The van der Waals surface area contributed by atoms with Gasteiger partial charge in [-0.1, -0.05) is 12.1 Å². The number of aromatic nitrogens is 2. The first-order chi connectivity index (χ1) is 13.3. The first-order valence-corrected chi connectivity index (χ1v) is 9.54. The van der Waals surface area contributed by atoms with Crippen LogP contribution in [0.2, 0.25) is 0 Å². The van der Waals surface area contributed by atoms with Gasteiger partial charge in [0.1, 0.15) is 12.1 Å². The predicted molar refractivity (Wildman–Crippen MR) is 118 cm³/mol. The van der Waals surface area contributed by atoms with Gasteiger partial charge in [0.25, 0.3) is 0 Å². The highest BCUT2D eigenvalue weighted by molar-refractivity contribution is 5.92. The third-order valence-corrected chi connectivity index (χ3v) is 5.23. The lowest BCUT2D eigenvalue weighted by molar-refractivity contribution is -0.120. The van der Waals surface area contributed by atoms with Crippen LogP contribution in [0.25, 0.3) is 0 Å². The summed E-state index contributed by atoms with van der Waals surface area (Å²) in [7, 11) is 0. The monoisotopic (exact) mass is 439 g/mol. The molecule has 2 aliphatic rings. The molecule has 1 unspecified atom stereocenters. The van der Waals surface area contributed by atoms with Crippen molar-refractivity contribution in [1.82, 2.24) is 15.3 Å². The highest BCUT2D eigenvalue weighted by Crippen LogP contribution is 2.24. The van der Waals surface area contributed by atoms with Gasteiger partial charge >= 0.3 is 0 Å². The summed E-state index contributed by atoms with van der Waals surface area (Å²) >= 11 is 0. The number of morpholine rings is 1. The molecule has 158 valence electrons. The average Bonchev–Trinajstić information content (AvgIpc) is 2.76. The highest BCUT2D eigenvalue weighted by atomic mass is 35.5. The molecule has 2 aliphatic heterocycles. The van der Waals surface area contributed by atoms with E-state index in [1.54, 1.807) is 12.5 Å². The van der Waals surface area contributed by atoms with Gasteiger partial charge in [0.15, 0.2) is 0 Å². The van der Waals surface area contributed by atoms with Crippen LogP contribution in [0.3, 0.4) is 0 Å². The van der Waals surface area contributed by atoms with Crippen molar-refractivity contribution in [3.8, 4) is 0 Å². The van der Waals surface area contributed by atoms with E-state index < -0.39 is 0 Å². The van der Waals surface area contributed by atoms with Gasteiger partial charge in [0.05, 0.1) is 12.7 Å². The quantitative estimate of drug-likeness (QED) is 0.762. The van der Waals surface area contributed by atoms with E-state index in [0.29, 0.717) is 0 Å². The van der Waals surface area contributed by atoms with E-state index in [1.165, 1.54) is 0 Å². The second kappa shape index (κ2) is 11.3. The van der Waals surface area contributed by atoms with Gasteiger partial charge in [-0.05, 0) is 36.6 Å². The number of piperidine rings is 1. The highest BCUT2D eigenvalue weighted by Gasteiger charge is 2.25. The minimum absolute atomic E-state index is 0. The Morgan fingerprint density at radius 1 is 1.14 bits per heavy atom. The predicted octanol–water partition coefficient (Wildman–Crippen LogP) is 2.84. The van der Waals surface area contributed by atoms with Crippen molar-refractivity contribution in [2.45, 2.75) is 18.9 Å². The van der Waals surface area contributed by atoms with Crippen molar-refractivity contribution in [2.75, 3.05) is 43.0 Å². The lowest BCUT2D eigenvalue weighted by Gasteiger charge is -2.32. The molecule has 1 aromatic heterocycles. The lowest BCUT2D eigenvalue weighted by Crippen LogP contribution is -2.38. The molecule has 0 radical (unpaired) electrons. The Hall–Kier alpha value is -1.93. The molecule has 0 spiro atoms. The molecular formula is C20H27Cl2N5O2. The number of benzene rings is 1. The van der Waals surface area contributed by atoms with Gasteiger partial charge in [-0.3, -0.25) is 4.79 Å². The number of anilines is 2. The van der Waals surface area contributed by atoms with Crippen molar-refractivity contribution < 1.29 is 9.53 Å². The summed E-state index contributed by atoms with van der Waals surface area (Å²) in [6, 6.07) is 9.89. The minimum Gasteiger partial charge on any atom is -0.371 e. The van der Waals surface area contributed by atoms with Crippen LogP contribution >= 0.6 is 24.8 Å². The minimum atomic E-state index is 0. The third kappa shape index (κ3) is 6.02. The van der Waals surface area contributed by atoms with Crippen LogP contribution < -0.4 is 15.5 Å².